The number of carbonyl (C=O) groups excluding carboxylic acids is 1. The first-order chi connectivity index (χ1) is 9.45. The van der Waals surface area contributed by atoms with Crippen molar-refractivity contribution in [1.29, 1.82) is 0 Å². The van der Waals surface area contributed by atoms with Crippen molar-refractivity contribution in [2.45, 2.75) is 0 Å². The van der Waals surface area contributed by atoms with Gasteiger partial charge in [0.1, 0.15) is 0 Å². The lowest BCUT2D eigenvalue weighted by Gasteiger charge is -2.07. The number of carboxylic acid groups (broad SMARTS) is 1. The van der Waals surface area contributed by atoms with E-state index in [1.807, 2.05) is 0 Å². The number of hydrogen-bond donors (Lipinski definition) is 2. The summed E-state index contributed by atoms with van der Waals surface area (Å²) in [5.41, 5.74) is 0.816. The Labute approximate surface area is 128 Å². The van der Waals surface area contributed by atoms with Gasteiger partial charge in [-0.25, -0.2) is 4.79 Å². The topological polar surface area (TPSA) is 66.4 Å². The molecule has 0 radical (unpaired) electrons. The lowest BCUT2D eigenvalue weighted by atomic mass is 10.1. The molecule has 0 aliphatic heterocycles. The van der Waals surface area contributed by atoms with E-state index in [0.717, 1.165) is 4.47 Å². The van der Waals surface area contributed by atoms with Crippen LogP contribution in [-0.2, 0) is 0 Å². The van der Waals surface area contributed by atoms with Gasteiger partial charge in [0, 0.05) is 20.7 Å². The van der Waals surface area contributed by atoms with Gasteiger partial charge in [-0.15, -0.1) is 0 Å². The zero-order chi connectivity index (χ0) is 14.7. The summed E-state index contributed by atoms with van der Waals surface area (Å²) in [7, 11) is 0. The number of aromatic carboxylic acids is 1. The van der Waals surface area contributed by atoms with Gasteiger partial charge in [-0.1, -0.05) is 27.5 Å². The first-order valence-electron chi connectivity index (χ1n) is 5.56. The molecule has 0 heterocycles. The van der Waals surface area contributed by atoms with E-state index >= 15 is 0 Å². The normalized spacial score (nSPS) is 10.1. The maximum atomic E-state index is 12.0. The van der Waals surface area contributed by atoms with Crippen LogP contribution in [-0.4, -0.2) is 17.0 Å². The summed E-state index contributed by atoms with van der Waals surface area (Å²) in [6, 6.07) is 11.0. The molecule has 0 saturated heterocycles. The van der Waals surface area contributed by atoms with Gasteiger partial charge in [0.2, 0.25) is 0 Å². The fourth-order valence-corrected chi connectivity index (χ4v) is 2.09. The van der Waals surface area contributed by atoms with E-state index in [0.29, 0.717) is 11.3 Å². The molecular formula is C14H9BrClNO3. The summed E-state index contributed by atoms with van der Waals surface area (Å²) in [4.78, 5) is 22.9. The number of nitrogens with one attached hydrogen (secondary N) is 1. The van der Waals surface area contributed by atoms with Gasteiger partial charge < -0.3 is 10.4 Å². The number of hydrogen-bond acceptors (Lipinski definition) is 2. The lowest BCUT2D eigenvalue weighted by Crippen LogP contribution is -2.12. The Morgan fingerprint density at radius 3 is 2.30 bits per heavy atom. The van der Waals surface area contributed by atoms with Crippen LogP contribution in [0.2, 0.25) is 5.02 Å². The van der Waals surface area contributed by atoms with Crippen molar-refractivity contribution < 1.29 is 14.7 Å². The SMILES string of the molecule is O=C(O)c1cc(Cl)cc(NC(=O)c2ccc(Br)cc2)c1. The summed E-state index contributed by atoms with van der Waals surface area (Å²) in [6.07, 6.45) is 0. The van der Waals surface area contributed by atoms with Gasteiger partial charge in [-0.05, 0) is 42.5 Å². The minimum Gasteiger partial charge on any atom is -0.478 e. The van der Waals surface area contributed by atoms with Crippen molar-refractivity contribution >= 4 is 45.1 Å². The molecule has 0 saturated carbocycles. The molecule has 4 nitrogen and oxygen atoms in total. The number of benzene rings is 2. The zero-order valence-electron chi connectivity index (χ0n) is 10.1. The van der Waals surface area contributed by atoms with Crippen LogP contribution in [0.4, 0.5) is 5.69 Å². The fraction of sp³-hybridized carbons (Fsp3) is 0. The largest absolute Gasteiger partial charge is 0.478 e. The molecule has 0 spiro atoms. The summed E-state index contributed by atoms with van der Waals surface area (Å²) in [5, 5.41) is 11.8. The van der Waals surface area contributed by atoms with Crippen molar-refractivity contribution in [1.82, 2.24) is 0 Å². The quantitative estimate of drug-likeness (QED) is 0.874. The van der Waals surface area contributed by atoms with Crippen LogP contribution < -0.4 is 5.32 Å². The molecule has 102 valence electrons. The number of carbonyl (C=O) groups is 2. The number of anilines is 1. The molecule has 0 bridgehead atoms. The Hall–Kier alpha value is -1.85. The first-order valence-corrected chi connectivity index (χ1v) is 6.73. The van der Waals surface area contributed by atoms with Crippen LogP contribution in [0.1, 0.15) is 20.7 Å². The van der Waals surface area contributed by atoms with Crippen LogP contribution in [0.5, 0.6) is 0 Å². The van der Waals surface area contributed by atoms with Crippen molar-refractivity contribution in [3.63, 3.8) is 0 Å². The Bertz CT molecular complexity index is 671. The van der Waals surface area contributed by atoms with E-state index < -0.39 is 5.97 Å². The zero-order valence-corrected chi connectivity index (χ0v) is 12.4. The van der Waals surface area contributed by atoms with E-state index in [9.17, 15) is 9.59 Å². The molecule has 2 rings (SSSR count). The predicted octanol–water partition coefficient (Wildman–Crippen LogP) is 4.05. The monoisotopic (exact) mass is 353 g/mol. The lowest BCUT2D eigenvalue weighted by molar-refractivity contribution is 0.0696. The Balaban J connectivity index is 2.23. The minimum atomic E-state index is -1.10. The van der Waals surface area contributed by atoms with Gasteiger partial charge in [0.15, 0.2) is 0 Å². The standard InChI is InChI=1S/C14H9BrClNO3/c15-10-3-1-8(2-4-10)13(18)17-12-6-9(14(19)20)5-11(16)7-12/h1-7H,(H,17,18)(H,19,20). The average molecular weight is 355 g/mol. The highest BCUT2D eigenvalue weighted by atomic mass is 79.9. The molecule has 6 heteroatoms. The molecule has 0 aromatic heterocycles. The number of amides is 1. The summed E-state index contributed by atoms with van der Waals surface area (Å²) in [5.74, 6) is -1.44. The van der Waals surface area contributed by atoms with E-state index in [4.69, 9.17) is 16.7 Å². The van der Waals surface area contributed by atoms with Gasteiger partial charge in [-0.3, -0.25) is 4.79 Å². The van der Waals surface area contributed by atoms with Crippen LogP contribution in [0.25, 0.3) is 0 Å². The van der Waals surface area contributed by atoms with Crippen molar-refractivity contribution in [3.8, 4) is 0 Å². The highest BCUT2D eigenvalue weighted by Gasteiger charge is 2.10. The van der Waals surface area contributed by atoms with Crippen LogP contribution >= 0.6 is 27.5 Å². The first kappa shape index (κ1) is 14.6. The molecule has 0 atom stereocenters. The van der Waals surface area contributed by atoms with E-state index in [2.05, 4.69) is 21.2 Å². The maximum Gasteiger partial charge on any atom is 0.335 e. The number of halogens is 2. The van der Waals surface area contributed by atoms with Gasteiger partial charge in [0.25, 0.3) is 5.91 Å². The molecule has 2 aromatic carbocycles. The molecule has 0 aliphatic carbocycles. The van der Waals surface area contributed by atoms with Crippen LogP contribution in [0.3, 0.4) is 0 Å². The van der Waals surface area contributed by atoms with Crippen LogP contribution in [0.15, 0.2) is 46.9 Å². The smallest absolute Gasteiger partial charge is 0.335 e. The van der Waals surface area contributed by atoms with E-state index in [1.54, 1.807) is 24.3 Å². The van der Waals surface area contributed by atoms with Gasteiger partial charge >= 0.3 is 5.97 Å². The Morgan fingerprint density at radius 2 is 1.70 bits per heavy atom. The van der Waals surface area contributed by atoms with E-state index in [1.165, 1.54) is 18.2 Å². The van der Waals surface area contributed by atoms with E-state index in [-0.39, 0.29) is 16.5 Å². The molecular weight excluding hydrogens is 346 g/mol. The van der Waals surface area contributed by atoms with Crippen molar-refractivity contribution in [2.75, 3.05) is 5.32 Å². The second-order valence-electron chi connectivity index (χ2n) is 3.99. The molecule has 0 unspecified atom stereocenters. The summed E-state index contributed by atoms with van der Waals surface area (Å²) in [6.45, 7) is 0. The molecule has 20 heavy (non-hydrogen) atoms. The van der Waals surface area contributed by atoms with Crippen LogP contribution in [0, 0.1) is 0 Å². The van der Waals surface area contributed by atoms with Crippen molar-refractivity contribution in [2.24, 2.45) is 0 Å². The summed E-state index contributed by atoms with van der Waals surface area (Å²) < 4.78 is 0.866. The Morgan fingerprint density at radius 1 is 1.05 bits per heavy atom. The minimum absolute atomic E-state index is 0.0172. The van der Waals surface area contributed by atoms with Gasteiger partial charge in [-0.2, -0.15) is 0 Å². The Kier molecular flexibility index (Phi) is 4.42. The third-order valence-corrected chi connectivity index (χ3v) is 3.26. The molecule has 1 amide bonds. The molecule has 2 N–H and O–H groups in total. The number of carboxylic acids is 1. The predicted molar refractivity (Wildman–Crippen MR) is 80.5 cm³/mol. The number of rotatable bonds is 3. The highest BCUT2D eigenvalue weighted by Crippen LogP contribution is 2.20. The average Bonchev–Trinajstić information content (AvgIpc) is 2.38. The second kappa shape index (κ2) is 6.07. The second-order valence-corrected chi connectivity index (χ2v) is 5.35. The third-order valence-electron chi connectivity index (χ3n) is 2.51. The third kappa shape index (κ3) is 3.59. The highest BCUT2D eigenvalue weighted by molar-refractivity contribution is 9.10. The molecule has 2 aromatic rings. The van der Waals surface area contributed by atoms with Gasteiger partial charge in [0.05, 0.1) is 5.56 Å². The molecule has 0 aliphatic rings. The summed E-state index contributed by atoms with van der Waals surface area (Å²) >= 11 is 9.11. The fourth-order valence-electron chi connectivity index (χ4n) is 1.59. The maximum absolute atomic E-state index is 12.0. The molecule has 0 fully saturated rings. The van der Waals surface area contributed by atoms with Crippen molar-refractivity contribution in [3.05, 3.63) is 63.1 Å².